The predicted octanol–water partition coefficient (Wildman–Crippen LogP) is 1.64. The molecule has 0 amide bonds. The van der Waals surface area contributed by atoms with E-state index < -0.39 is 8.07 Å². The maximum Gasteiger partial charge on any atom is 0.0777 e. The molecule has 2 heteroatoms. The van der Waals surface area contributed by atoms with Crippen LogP contribution in [0.5, 0.6) is 0 Å². The van der Waals surface area contributed by atoms with E-state index in [-0.39, 0.29) is 0 Å². The van der Waals surface area contributed by atoms with Crippen molar-refractivity contribution in [2.75, 3.05) is 0 Å². The van der Waals surface area contributed by atoms with E-state index in [1.54, 1.807) is 5.19 Å². The number of rotatable bonds is 1. The zero-order valence-corrected chi connectivity index (χ0v) is 11.2. The molecule has 0 atom stereocenters. The summed E-state index contributed by atoms with van der Waals surface area (Å²) in [6.45, 7) is 11.5. The second-order valence-electron chi connectivity index (χ2n) is 4.75. The first-order valence-electron chi connectivity index (χ1n) is 4.65. The summed E-state index contributed by atoms with van der Waals surface area (Å²) in [7, 11) is 2.53. The first-order chi connectivity index (χ1) is 5.82. The van der Waals surface area contributed by atoms with Crippen molar-refractivity contribution in [1.82, 2.24) is 0 Å². The molecule has 1 aromatic rings. The molecule has 3 radical (unpaired) electrons. The number of hydrogen-bond acceptors (Lipinski definition) is 0. The van der Waals surface area contributed by atoms with Gasteiger partial charge in [0.25, 0.3) is 0 Å². The van der Waals surface area contributed by atoms with Gasteiger partial charge in [0, 0.05) is 0 Å². The van der Waals surface area contributed by atoms with E-state index in [1.165, 1.54) is 16.3 Å². The van der Waals surface area contributed by atoms with Crippen LogP contribution in [0.1, 0.15) is 11.1 Å². The van der Waals surface area contributed by atoms with Gasteiger partial charge < -0.3 is 0 Å². The van der Waals surface area contributed by atoms with Crippen LogP contribution in [0.4, 0.5) is 0 Å². The lowest BCUT2D eigenvalue weighted by atomic mass is 10.1. The Morgan fingerprint density at radius 2 is 1.62 bits per heavy atom. The monoisotopic (exact) mass is 205 g/mol. The molecule has 0 bridgehead atoms. The van der Waals surface area contributed by atoms with Crippen LogP contribution in [0.25, 0.3) is 0 Å². The van der Waals surface area contributed by atoms with Gasteiger partial charge in [0.05, 0.1) is 18.3 Å². The minimum atomic E-state index is -1.19. The molecule has 0 aliphatic heterocycles. The summed E-state index contributed by atoms with van der Waals surface area (Å²) in [5.74, 6) is 0. The quantitative estimate of drug-likeness (QED) is 0.612. The fraction of sp³-hybridized carbons (Fsp3) is 0.455. The molecule has 0 aliphatic rings. The van der Waals surface area contributed by atoms with Gasteiger partial charge >= 0.3 is 0 Å². The molecule has 13 heavy (non-hydrogen) atoms. The van der Waals surface area contributed by atoms with Gasteiger partial charge in [-0.25, -0.2) is 0 Å². The predicted molar refractivity (Wildman–Crippen MR) is 64.3 cm³/mol. The molecule has 0 aromatic heterocycles. The molecule has 0 unspecified atom stereocenters. The van der Waals surface area contributed by atoms with Crippen molar-refractivity contribution in [3.63, 3.8) is 0 Å². The van der Waals surface area contributed by atoms with Crippen molar-refractivity contribution in [3.05, 3.63) is 23.3 Å². The molecule has 0 N–H and O–H groups in total. The second kappa shape index (κ2) is 3.42. The molecule has 69 valence electrons. The summed E-state index contributed by atoms with van der Waals surface area (Å²) in [4.78, 5) is 0. The minimum Gasteiger partial charge on any atom is -0.0676 e. The molecule has 0 nitrogen and oxygen atoms in total. The fourth-order valence-electron chi connectivity index (χ4n) is 1.96. The van der Waals surface area contributed by atoms with Gasteiger partial charge in [-0.15, -0.1) is 0 Å². The zero-order valence-electron chi connectivity index (χ0n) is 9.15. The minimum absolute atomic E-state index is 1.19. The molecule has 0 saturated heterocycles. The highest BCUT2D eigenvalue weighted by molar-refractivity contribution is 6.91. The van der Waals surface area contributed by atoms with Crippen molar-refractivity contribution in [3.8, 4) is 0 Å². The first-order valence-corrected chi connectivity index (χ1v) is 8.65. The maximum atomic E-state index is 3.72. The average molecular weight is 205 g/mol. The van der Waals surface area contributed by atoms with Crippen LogP contribution in [0.3, 0.4) is 0 Å². The van der Waals surface area contributed by atoms with Crippen LogP contribution < -0.4 is 10.4 Å². The Morgan fingerprint density at radius 3 is 2.00 bits per heavy atom. The average Bonchev–Trinajstić information content (AvgIpc) is 1.78. The van der Waals surface area contributed by atoms with Gasteiger partial charge in [-0.05, 0) is 13.8 Å². The van der Waals surface area contributed by atoms with E-state index in [4.69, 9.17) is 0 Å². The summed E-state index contributed by atoms with van der Waals surface area (Å²) in [6, 6.07) is 4.49. The first kappa shape index (κ1) is 10.7. The van der Waals surface area contributed by atoms with Gasteiger partial charge in [0.15, 0.2) is 0 Å². The van der Waals surface area contributed by atoms with E-state index in [2.05, 4.69) is 55.9 Å². The Hall–Kier alpha value is -0.346. The van der Waals surface area contributed by atoms with Gasteiger partial charge in [-0.3, -0.25) is 0 Å². The Morgan fingerprint density at radius 1 is 1.08 bits per heavy atom. The largest absolute Gasteiger partial charge is 0.0777 e. The van der Waals surface area contributed by atoms with E-state index in [0.29, 0.717) is 0 Å². The van der Waals surface area contributed by atoms with Crippen LogP contribution in [-0.2, 0) is 0 Å². The smallest absolute Gasteiger partial charge is 0.0676 e. The molecular weight excluding hydrogens is 188 g/mol. The van der Waals surface area contributed by atoms with E-state index >= 15 is 0 Å². The SMILES string of the molecule is Cc1cc(C)c([Si](C)(C)C)c([Si])c1. The van der Waals surface area contributed by atoms with Crippen LogP contribution in [0.15, 0.2) is 12.1 Å². The van der Waals surface area contributed by atoms with E-state index in [9.17, 15) is 0 Å². The fourth-order valence-corrected chi connectivity index (χ4v) is 5.65. The van der Waals surface area contributed by atoms with Crippen molar-refractivity contribution in [2.24, 2.45) is 0 Å². The summed E-state index contributed by atoms with van der Waals surface area (Å²) in [5.41, 5.74) is 2.77. The van der Waals surface area contributed by atoms with Crippen molar-refractivity contribution in [2.45, 2.75) is 33.5 Å². The molecule has 0 fully saturated rings. The number of benzene rings is 1. The Labute approximate surface area is 85.8 Å². The van der Waals surface area contributed by atoms with Crippen molar-refractivity contribution < 1.29 is 0 Å². The van der Waals surface area contributed by atoms with Crippen LogP contribution in [0, 0.1) is 13.8 Å². The summed E-state index contributed by atoms with van der Waals surface area (Å²) >= 11 is 0. The third-order valence-electron chi connectivity index (χ3n) is 2.23. The van der Waals surface area contributed by atoms with Gasteiger partial charge in [0.1, 0.15) is 0 Å². The Balaban J connectivity index is 3.38. The van der Waals surface area contributed by atoms with E-state index in [0.717, 1.165) is 0 Å². The normalized spacial score (nSPS) is 11.8. The summed E-state index contributed by atoms with van der Waals surface area (Å²) in [6.07, 6.45) is 0. The Bertz CT molecular complexity index is 298. The third kappa shape index (κ3) is 2.32. The molecule has 0 saturated carbocycles. The Kier molecular flexibility index (Phi) is 2.83. The molecule has 1 rings (SSSR count). The molecule has 0 spiro atoms. The summed E-state index contributed by atoms with van der Waals surface area (Å²) < 4.78 is 0. The highest BCUT2D eigenvalue weighted by atomic mass is 28.3. The van der Waals surface area contributed by atoms with Gasteiger partial charge in [0.2, 0.25) is 0 Å². The lowest BCUT2D eigenvalue weighted by molar-refractivity contribution is 1.42. The third-order valence-corrected chi connectivity index (χ3v) is 5.04. The summed E-state index contributed by atoms with van der Waals surface area (Å²) in [5, 5.41) is 2.84. The highest BCUT2D eigenvalue weighted by Gasteiger charge is 2.20. The lowest BCUT2D eigenvalue weighted by Crippen LogP contribution is -2.48. The van der Waals surface area contributed by atoms with Gasteiger partial charge in [-0.1, -0.05) is 53.3 Å². The molecule has 1 aromatic carbocycles. The zero-order chi connectivity index (χ0) is 10.2. The maximum absolute atomic E-state index is 3.72. The number of aryl methyl sites for hydroxylation is 2. The van der Waals surface area contributed by atoms with Crippen molar-refractivity contribution in [1.29, 1.82) is 0 Å². The molecule has 0 heterocycles. The van der Waals surface area contributed by atoms with Crippen LogP contribution in [0.2, 0.25) is 19.6 Å². The topological polar surface area (TPSA) is 0 Å². The van der Waals surface area contributed by atoms with E-state index in [1.807, 2.05) is 0 Å². The van der Waals surface area contributed by atoms with Gasteiger partial charge in [-0.2, -0.15) is 0 Å². The van der Waals surface area contributed by atoms with Crippen LogP contribution >= 0.6 is 0 Å². The number of hydrogen-bond donors (Lipinski definition) is 0. The van der Waals surface area contributed by atoms with Crippen molar-refractivity contribution >= 4 is 28.7 Å². The lowest BCUT2D eigenvalue weighted by Gasteiger charge is -2.22. The van der Waals surface area contributed by atoms with Crippen LogP contribution in [-0.4, -0.2) is 18.3 Å². The molecular formula is C11H17Si2. The second-order valence-corrected chi connectivity index (χ2v) is 10.3. The standard InChI is InChI=1S/C11H17Si2/c1-8-6-9(2)11(10(12)7-8)13(3,4)5/h6-7H,1-5H3. The molecule has 0 aliphatic carbocycles. The highest BCUT2D eigenvalue weighted by Crippen LogP contribution is 2.06.